The van der Waals surface area contributed by atoms with Crippen LogP contribution in [0.4, 0.5) is 0 Å². The van der Waals surface area contributed by atoms with Gasteiger partial charge < -0.3 is 10.2 Å². The van der Waals surface area contributed by atoms with Gasteiger partial charge in [0.1, 0.15) is 0 Å². The average molecular weight is 226 g/mol. The van der Waals surface area contributed by atoms with E-state index < -0.39 is 0 Å². The summed E-state index contributed by atoms with van der Waals surface area (Å²) in [6.07, 6.45) is 3.15. The van der Waals surface area contributed by atoms with Crippen molar-refractivity contribution in [3.63, 3.8) is 0 Å². The molecule has 1 aliphatic heterocycles. The molecule has 0 aromatic carbocycles. The first kappa shape index (κ1) is 13.5. The van der Waals surface area contributed by atoms with Gasteiger partial charge in [-0.25, -0.2) is 0 Å². The first-order chi connectivity index (χ1) is 7.38. The van der Waals surface area contributed by atoms with Gasteiger partial charge in [0.05, 0.1) is 6.04 Å². The Morgan fingerprint density at radius 3 is 2.62 bits per heavy atom. The number of likely N-dealkylation sites (tertiary alicyclic amines) is 1. The minimum Gasteiger partial charge on any atom is -0.336 e. The molecule has 1 unspecified atom stereocenters. The molecule has 1 atom stereocenters. The number of rotatable bonds is 5. The summed E-state index contributed by atoms with van der Waals surface area (Å²) in [5.74, 6) is 0.284. The SMILES string of the molecule is CCCC(C)(C)N1CCC(NC(C)C)C1=O. The molecule has 0 aromatic heterocycles. The van der Waals surface area contributed by atoms with Crippen molar-refractivity contribution in [3.8, 4) is 0 Å². The van der Waals surface area contributed by atoms with Crippen LogP contribution in [0.15, 0.2) is 0 Å². The molecule has 0 saturated carbocycles. The number of nitrogens with one attached hydrogen (secondary N) is 1. The fraction of sp³-hybridized carbons (Fsp3) is 0.923. The van der Waals surface area contributed by atoms with Crippen LogP contribution in [-0.2, 0) is 4.79 Å². The fourth-order valence-electron chi connectivity index (χ4n) is 2.58. The lowest BCUT2D eigenvalue weighted by atomic mass is 9.97. The van der Waals surface area contributed by atoms with E-state index in [1.54, 1.807) is 0 Å². The van der Waals surface area contributed by atoms with E-state index >= 15 is 0 Å². The third-order valence-electron chi connectivity index (χ3n) is 3.33. The first-order valence-electron chi connectivity index (χ1n) is 6.46. The summed E-state index contributed by atoms with van der Waals surface area (Å²) in [6.45, 7) is 11.6. The maximum absolute atomic E-state index is 12.2. The van der Waals surface area contributed by atoms with Crippen LogP contribution < -0.4 is 5.32 Å². The Morgan fingerprint density at radius 2 is 2.12 bits per heavy atom. The summed E-state index contributed by atoms with van der Waals surface area (Å²) in [4.78, 5) is 14.3. The van der Waals surface area contributed by atoms with E-state index in [-0.39, 0.29) is 17.5 Å². The monoisotopic (exact) mass is 226 g/mol. The van der Waals surface area contributed by atoms with Crippen LogP contribution in [-0.4, -0.2) is 35.0 Å². The molecule has 1 aliphatic rings. The predicted octanol–water partition coefficient (Wildman–Crippen LogP) is 2.16. The van der Waals surface area contributed by atoms with E-state index in [2.05, 4.69) is 44.8 Å². The zero-order valence-corrected chi connectivity index (χ0v) is 11.3. The molecule has 94 valence electrons. The van der Waals surface area contributed by atoms with E-state index in [0.29, 0.717) is 6.04 Å². The second kappa shape index (κ2) is 5.17. The van der Waals surface area contributed by atoms with Crippen LogP contribution in [0.25, 0.3) is 0 Å². The number of hydrogen-bond donors (Lipinski definition) is 1. The minimum atomic E-state index is 0.0131. The molecule has 0 bridgehead atoms. The van der Waals surface area contributed by atoms with E-state index in [0.717, 1.165) is 25.8 Å². The van der Waals surface area contributed by atoms with Gasteiger partial charge in [-0.2, -0.15) is 0 Å². The molecule has 0 spiro atoms. The van der Waals surface area contributed by atoms with Gasteiger partial charge in [0, 0.05) is 18.1 Å². The Kier molecular flexibility index (Phi) is 4.36. The molecule has 1 N–H and O–H groups in total. The molecule has 0 radical (unpaired) electrons. The van der Waals surface area contributed by atoms with Crippen LogP contribution in [0.1, 0.15) is 53.9 Å². The summed E-state index contributed by atoms with van der Waals surface area (Å²) in [6, 6.07) is 0.416. The number of carbonyl (C=O) groups is 1. The lowest BCUT2D eigenvalue weighted by molar-refractivity contribution is -0.134. The number of carbonyl (C=O) groups excluding carboxylic acids is 1. The summed E-state index contributed by atoms with van der Waals surface area (Å²) in [5, 5.41) is 3.34. The molecule has 16 heavy (non-hydrogen) atoms. The zero-order chi connectivity index (χ0) is 12.3. The van der Waals surface area contributed by atoms with Crippen molar-refractivity contribution in [3.05, 3.63) is 0 Å². The second-order valence-corrected chi connectivity index (χ2v) is 5.71. The van der Waals surface area contributed by atoms with Crippen LogP contribution in [0.3, 0.4) is 0 Å². The Labute approximate surface area is 99.6 Å². The normalized spacial score (nSPS) is 22.2. The molecule has 3 heteroatoms. The maximum atomic E-state index is 12.2. The number of nitrogens with zero attached hydrogens (tertiary/aromatic N) is 1. The van der Waals surface area contributed by atoms with Crippen LogP contribution in [0.2, 0.25) is 0 Å². The number of hydrogen-bond acceptors (Lipinski definition) is 2. The van der Waals surface area contributed by atoms with Gasteiger partial charge in [-0.15, -0.1) is 0 Å². The Morgan fingerprint density at radius 1 is 1.50 bits per heavy atom. The Bertz CT molecular complexity index is 248. The van der Waals surface area contributed by atoms with E-state index in [1.807, 2.05) is 0 Å². The van der Waals surface area contributed by atoms with Gasteiger partial charge in [-0.1, -0.05) is 27.2 Å². The second-order valence-electron chi connectivity index (χ2n) is 5.71. The predicted molar refractivity (Wildman–Crippen MR) is 67.4 cm³/mol. The highest BCUT2D eigenvalue weighted by Gasteiger charge is 2.39. The van der Waals surface area contributed by atoms with Crippen molar-refractivity contribution in [2.45, 2.75) is 71.5 Å². The summed E-state index contributed by atoms with van der Waals surface area (Å²) >= 11 is 0. The molecule has 3 nitrogen and oxygen atoms in total. The largest absolute Gasteiger partial charge is 0.336 e. The molecule has 1 saturated heterocycles. The van der Waals surface area contributed by atoms with Crippen LogP contribution in [0.5, 0.6) is 0 Å². The third kappa shape index (κ3) is 2.97. The maximum Gasteiger partial charge on any atom is 0.240 e. The molecule has 1 fully saturated rings. The van der Waals surface area contributed by atoms with Crippen molar-refractivity contribution in [2.75, 3.05) is 6.54 Å². The van der Waals surface area contributed by atoms with Crippen molar-refractivity contribution >= 4 is 5.91 Å². The van der Waals surface area contributed by atoms with E-state index in [1.165, 1.54) is 0 Å². The van der Waals surface area contributed by atoms with Crippen LogP contribution >= 0.6 is 0 Å². The average Bonchev–Trinajstić information content (AvgIpc) is 2.47. The molecule has 0 aliphatic carbocycles. The Hall–Kier alpha value is -0.570. The Balaban J connectivity index is 2.63. The van der Waals surface area contributed by atoms with Gasteiger partial charge in [0.2, 0.25) is 5.91 Å². The standard InChI is InChI=1S/C13H26N2O/c1-6-8-13(4,5)15-9-7-11(12(15)16)14-10(2)3/h10-11,14H,6-9H2,1-5H3. The highest BCUT2D eigenvalue weighted by Crippen LogP contribution is 2.26. The molecule has 1 rings (SSSR count). The topological polar surface area (TPSA) is 32.3 Å². The fourth-order valence-corrected chi connectivity index (χ4v) is 2.58. The highest BCUT2D eigenvalue weighted by molar-refractivity contribution is 5.84. The minimum absolute atomic E-state index is 0.0131. The summed E-state index contributed by atoms with van der Waals surface area (Å²) in [7, 11) is 0. The van der Waals surface area contributed by atoms with E-state index in [4.69, 9.17) is 0 Å². The summed E-state index contributed by atoms with van der Waals surface area (Å²) in [5.41, 5.74) is 0.0131. The van der Waals surface area contributed by atoms with Crippen molar-refractivity contribution in [2.24, 2.45) is 0 Å². The van der Waals surface area contributed by atoms with Crippen molar-refractivity contribution in [1.29, 1.82) is 0 Å². The van der Waals surface area contributed by atoms with Crippen molar-refractivity contribution < 1.29 is 4.79 Å². The molecule has 1 amide bonds. The van der Waals surface area contributed by atoms with Crippen molar-refractivity contribution in [1.82, 2.24) is 10.2 Å². The van der Waals surface area contributed by atoms with Gasteiger partial charge >= 0.3 is 0 Å². The van der Waals surface area contributed by atoms with Gasteiger partial charge in [-0.3, -0.25) is 4.79 Å². The highest BCUT2D eigenvalue weighted by atomic mass is 16.2. The molecule has 0 aromatic rings. The van der Waals surface area contributed by atoms with Gasteiger partial charge in [0.15, 0.2) is 0 Å². The number of amides is 1. The molecular formula is C13H26N2O. The smallest absolute Gasteiger partial charge is 0.240 e. The zero-order valence-electron chi connectivity index (χ0n) is 11.3. The summed E-state index contributed by atoms with van der Waals surface area (Å²) < 4.78 is 0. The third-order valence-corrected chi connectivity index (χ3v) is 3.33. The van der Waals surface area contributed by atoms with E-state index in [9.17, 15) is 4.79 Å². The quantitative estimate of drug-likeness (QED) is 0.779. The van der Waals surface area contributed by atoms with Gasteiger partial charge in [0.25, 0.3) is 0 Å². The van der Waals surface area contributed by atoms with Crippen LogP contribution in [0, 0.1) is 0 Å². The lowest BCUT2D eigenvalue weighted by Gasteiger charge is -2.36. The molecular weight excluding hydrogens is 200 g/mol. The van der Waals surface area contributed by atoms with Gasteiger partial charge in [-0.05, 0) is 26.7 Å². The lowest BCUT2D eigenvalue weighted by Crippen LogP contribution is -2.49. The molecule has 1 heterocycles. The first-order valence-corrected chi connectivity index (χ1v) is 6.46.